The number of nitrogens with zero attached hydrogens (tertiary/aromatic N) is 3. The molecule has 0 atom stereocenters. The third kappa shape index (κ3) is 5.11. The molecule has 8 nitrogen and oxygen atoms in total. The largest absolute Gasteiger partial charge is 0.497 e. The number of carbonyl (C=O) groups excluding carboxylic acids is 2. The van der Waals surface area contributed by atoms with Crippen molar-refractivity contribution < 1.29 is 24.2 Å². The van der Waals surface area contributed by atoms with E-state index >= 15 is 0 Å². The first kappa shape index (κ1) is 23.9. The molecule has 0 saturated carbocycles. The molecule has 34 heavy (non-hydrogen) atoms. The molecular weight excluding hydrogens is 494 g/mol. The Morgan fingerprint density at radius 3 is 2.65 bits per heavy atom. The topological polar surface area (TPSA) is 102 Å². The molecule has 11 heteroatoms. The van der Waals surface area contributed by atoms with E-state index in [-0.39, 0.29) is 24.8 Å². The predicted molar refractivity (Wildman–Crippen MR) is 135 cm³/mol. The molecule has 1 saturated heterocycles. The van der Waals surface area contributed by atoms with E-state index in [1.807, 2.05) is 17.5 Å². The number of thioether (sulfide) groups is 1. The molecule has 0 spiro atoms. The molecule has 1 N–H and O–H groups in total. The Bertz CT molecular complexity index is 1280. The van der Waals surface area contributed by atoms with Gasteiger partial charge in [-0.2, -0.15) is 5.10 Å². The average Bonchev–Trinajstić information content (AvgIpc) is 3.56. The maximum atomic E-state index is 12.9. The Labute approximate surface area is 208 Å². The van der Waals surface area contributed by atoms with Crippen LogP contribution in [0.25, 0.3) is 17.3 Å². The molecular formula is C23H19N3O5S3. The van der Waals surface area contributed by atoms with Crippen LogP contribution in [-0.2, 0) is 9.59 Å². The molecule has 1 aliphatic heterocycles. The minimum Gasteiger partial charge on any atom is -0.497 e. The molecule has 1 aliphatic rings. The van der Waals surface area contributed by atoms with Crippen LogP contribution >= 0.6 is 35.3 Å². The van der Waals surface area contributed by atoms with Gasteiger partial charge in [0.1, 0.15) is 15.8 Å². The van der Waals surface area contributed by atoms with Crippen LogP contribution in [0.4, 0.5) is 0 Å². The van der Waals surface area contributed by atoms with E-state index in [4.69, 9.17) is 22.1 Å². The van der Waals surface area contributed by atoms with Crippen molar-refractivity contribution >= 4 is 63.5 Å². The van der Waals surface area contributed by atoms with Gasteiger partial charge < -0.3 is 9.84 Å². The monoisotopic (exact) mass is 513 g/mol. The standard InChI is InChI=1S/C23H19N3O5S3/c1-31-16-8-6-14(7-9-16)20-15(13-26(24-20)22(30)17-4-3-11-33-17)12-18-21(29)25(23(32)34-18)10-2-5-19(27)28/h3-4,6-9,11-13H,2,5,10H2,1H3,(H,27,28). The number of methoxy groups -OCH3 is 1. The van der Waals surface area contributed by atoms with Gasteiger partial charge in [-0.15, -0.1) is 11.3 Å². The molecule has 3 heterocycles. The van der Waals surface area contributed by atoms with E-state index in [1.165, 1.54) is 20.9 Å². The van der Waals surface area contributed by atoms with E-state index in [9.17, 15) is 14.4 Å². The molecule has 174 valence electrons. The van der Waals surface area contributed by atoms with Crippen LogP contribution in [0.5, 0.6) is 5.75 Å². The third-order valence-electron chi connectivity index (χ3n) is 4.98. The summed E-state index contributed by atoms with van der Waals surface area (Å²) in [5.74, 6) is -0.807. The SMILES string of the molecule is COc1ccc(-c2nn(C(=O)c3cccs3)cc2C=C2SC(=S)N(CCCC(=O)O)C2=O)cc1. The van der Waals surface area contributed by atoms with Crippen LogP contribution in [0.15, 0.2) is 52.9 Å². The highest BCUT2D eigenvalue weighted by Gasteiger charge is 2.32. The molecule has 0 radical (unpaired) electrons. The summed E-state index contributed by atoms with van der Waals surface area (Å²) in [6.07, 6.45) is 3.52. The Kier molecular flexibility index (Phi) is 7.25. The van der Waals surface area contributed by atoms with Crippen LogP contribution in [0.2, 0.25) is 0 Å². The molecule has 1 aromatic carbocycles. The van der Waals surface area contributed by atoms with Crippen LogP contribution in [0, 0.1) is 0 Å². The highest BCUT2D eigenvalue weighted by Crippen LogP contribution is 2.35. The summed E-state index contributed by atoms with van der Waals surface area (Å²) in [5, 5.41) is 15.2. The molecule has 4 rings (SSSR count). The van der Waals surface area contributed by atoms with Gasteiger partial charge in [0, 0.05) is 30.3 Å². The van der Waals surface area contributed by atoms with Crippen molar-refractivity contribution in [3.8, 4) is 17.0 Å². The van der Waals surface area contributed by atoms with Crippen molar-refractivity contribution in [1.82, 2.24) is 14.7 Å². The van der Waals surface area contributed by atoms with Gasteiger partial charge in [-0.1, -0.05) is 30.0 Å². The minimum absolute atomic E-state index is 0.0463. The number of aromatic nitrogens is 2. The number of hydrogen-bond donors (Lipinski definition) is 1. The summed E-state index contributed by atoms with van der Waals surface area (Å²) in [4.78, 5) is 39.0. The Morgan fingerprint density at radius 2 is 2.00 bits per heavy atom. The fourth-order valence-corrected chi connectivity index (χ4v) is 5.26. The summed E-state index contributed by atoms with van der Waals surface area (Å²) in [6.45, 7) is 0.232. The number of thiocarbonyl (C=S) groups is 1. The number of hydrogen-bond acceptors (Lipinski definition) is 8. The van der Waals surface area contributed by atoms with Gasteiger partial charge in [-0.3, -0.25) is 19.3 Å². The number of carboxylic acid groups (broad SMARTS) is 1. The second-order valence-corrected chi connectivity index (χ2v) is 9.84. The third-order valence-corrected chi connectivity index (χ3v) is 7.21. The summed E-state index contributed by atoms with van der Waals surface area (Å²) >= 11 is 7.80. The zero-order valence-corrected chi connectivity index (χ0v) is 20.4. The lowest BCUT2D eigenvalue weighted by molar-refractivity contribution is -0.137. The lowest BCUT2D eigenvalue weighted by Gasteiger charge is -2.13. The summed E-state index contributed by atoms with van der Waals surface area (Å²) < 4.78 is 6.86. The van der Waals surface area contributed by atoms with Crippen molar-refractivity contribution in [2.24, 2.45) is 0 Å². The van der Waals surface area contributed by atoms with Crippen LogP contribution in [0.1, 0.15) is 28.1 Å². The fourth-order valence-electron chi connectivity index (χ4n) is 3.31. The minimum atomic E-state index is -0.923. The van der Waals surface area contributed by atoms with E-state index in [1.54, 1.807) is 43.6 Å². The molecule has 2 aromatic heterocycles. The van der Waals surface area contributed by atoms with Crippen molar-refractivity contribution in [2.45, 2.75) is 12.8 Å². The normalized spacial score (nSPS) is 14.7. The number of ether oxygens (including phenoxy) is 1. The van der Waals surface area contributed by atoms with Crippen molar-refractivity contribution in [3.63, 3.8) is 0 Å². The number of aliphatic carboxylic acids is 1. The summed E-state index contributed by atoms with van der Waals surface area (Å²) in [5.41, 5.74) is 1.87. The molecule has 0 unspecified atom stereocenters. The van der Waals surface area contributed by atoms with Gasteiger partial charge in [-0.05, 0) is 48.2 Å². The van der Waals surface area contributed by atoms with E-state index in [2.05, 4.69) is 5.10 Å². The smallest absolute Gasteiger partial charge is 0.303 e. The zero-order valence-electron chi connectivity index (χ0n) is 18.0. The summed E-state index contributed by atoms with van der Waals surface area (Å²) in [7, 11) is 1.58. The number of amides is 1. The maximum absolute atomic E-state index is 12.9. The van der Waals surface area contributed by atoms with Crippen LogP contribution in [-0.4, -0.2) is 55.5 Å². The zero-order chi connectivity index (χ0) is 24.2. The lowest BCUT2D eigenvalue weighted by atomic mass is 10.1. The van der Waals surface area contributed by atoms with E-state index in [0.717, 1.165) is 17.3 Å². The van der Waals surface area contributed by atoms with Crippen molar-refractivity contribution in [2.75, 3.05) is 13.7 Å². The number of carboxylic acids is 1. The number of carbonyl (C=O) groups is 3. The Balaban J connectivity index is 1.69. The first-order valence-electron chi connectivity index (χ1n) is 10.2. The predicted octanol–water partition coefficient (Wildman–Crippen LogP) is 4.37. The van der Waals surface area contributed by atoms with Crippen LogP contribution in [0.3, 0.4) is 0 Å². The molecule has 0 bridgehead atoms. The molecule has 3 aromatic rings. The highest BCUT2D eigenvalue weighted by molar-refractivity contribution is 8.26. The molecule has 0 aliphatic carbocycles. The van der Waals surface area contributed by atoms with E-state index < -0.39 is 5.97 Å². The second kappa shape index (κ2) is 10.3. The second-order valence-electron chi connectivity index (χ2n) is 7.22. The van der Waals surface area contributed by atoms with Crippen molar-refractivity contribution in [1.29, 1.82) is 0 Å². The average molecular weight is 514 g/mol. The molecule has 1 amide bonds. The maximum Gasteiger partial charge on any atom is 0.303 e. The van der Waals surface area contributed by atoms with Crippen molar-refractivity contribution in [3.05, 3.63) is 63.3 Å². The number of benzene rings is 1. The van der Waals surface area contributed by atoms with Gasteiger partial charge in [-0.25, -0.2) is 4.68 Å². The fraction of sp³-hybridized carbons (Fsp3) is 0.174. The Hall–Kier alpha value is -3.28. The number of thiophene rings is 1. The molecule has 1 fully saturated rings. The van der Waals surface area contributed by atoms with Gasteiger partial charge in [0.25, 0.3) is 11.8 Å². The lowest BCUT2D eigenvalue weighted by Crippen LogP contribution is -2.29. The highest BCUT2D eigenvalue weighted by atomic mass is 32.2. The van der Waals surface area contributed by atoms with Gasteiger partial charge in [0.15, 0.2) is 0 Å². The number of rotatable bonds is 8. The van der Waals surface area contributed by atoms with Gasteiger partial charge >= 0.3 is 5.97 Å². The summed E-state index contributed by atoms with van der Waals surface area (Å²) in [6, 6.07) is 10.8. The van der Waals surface area contributed by atoms with Crippen LogP contribution < -0.4 is 4.74 Å². The van der Waals surface area contributed by atoms with Gasteiger partial charge in [0.2, 0.25) is 0 Å². The Morgan fingerprint density at radius 1 is 1.24 bits per heavy atom. The first-order chi connectivity index (χ1) is 16.4. The first-order valence-corrected chi connectivity index (χ1v) is 12.3. The van der Waals surface area contributed by atoms with E-state index in [0.29, 0.717) is 37.5 Å². The quantitative estimate of drug-likeness (QED) is 0.350. The van der Waals surface area contributed by atoms with Gasteiger partial charge in [0.05, 0.1) is 16.9 Å².